The maximum atomic E-state index is 14.4. The zero-order valence-corrected chi connectivity index (χ0v) is 16.4. The van der Waals surface area contributed by atoms with Gasteiger partial charge in [0, 0.05) is 21.8 Å². The van der Waals surface area contributed by atoms with Crippen LogP contribution in [0.1, 0.15) is 43.5 Å². The molecule has 0 saturated carbocycles. The molecule has 0 N–H and O–H groups in total. The van der Waals surface area contributed by atoms with Crippen molar-refractivity contribution in [3.63, 3.8) is 0 Å². The predicted molar refractivity (Wildman–Crippen MR) is 99.3 cm³/mol. The van der Waals surface area contributed by atoms with Gasteiger partial charge in [0.2, 0.25) is 5.91 Å². The fourth-order valence-corrected chi connectivity index (χ4v) is 4.27. The van der Waals surface area contributed by atoms with E-state index in [0.717, 1.165) is 29.1 Å². The molecule has 6 heteroatoms. The van der Waals surface area contributed by atoms with Crippen molar-refractivity contribution in [2.75, 3.05) is 11.4 Å². The number of benzene rings is 1. The molecular formula is C18H20BrFN2OS. The summed E-state index contributed by atoms with van der Waals surface area (Å²) in [7, 11) is 0. The SMILES string of the molecule is CC(C)(C)c1nc(CC(=O)N2CCCc3cc(Br)cc(F)c32)cs1. The molecule has 2 heterocycles. The lowest BCUT2D eigenvalue weighted by molar-refractivity contribution is -0.118. The molecule has 1 aromatic heterocycles. The third-order valence-electron chi connectivity index (χ3n) is 4.03. The van der Waals surface area contributed by atoms with E-state index in [-0.39, 0.29) is 23.6 Å². The van der Waals surface area contributed by atoms with E-state index >= 15 is 0 Å². The van der Waals surface area contributed by atoms with Crippen LogP contribution in [0.3, 0.4) is 0 Å². The van der Waals surface area contributed by atoms with Crippen LogP contribution < -0.4 is 4.90 Å². The molecule has 1 aliphatic heterocycles. The van der Waals surface area contributed by atoms with Gasteiger partial charge in [0.15, 0.2) is 0 Å². The van der Waals surface area contributed by atoms with Crippen molar-refractivity contribution >= 4 is 38.9 Å². The smallest absolute Gasteiger partial charge is 0.233 e. The number of aryl methyl sites for hydroxylation is 1. The first-order chi connectivity index (χ1) is 11.3. The molecule has 0 atom stereocenters. The van der Waals surface area contributed by atoms with Crippen LogP contribution in [0.15, 0.2) is 22.0 Å². The van der Waals surface area contributed by atoms with Gasteiger partial charge >= 0.3 is 0 Å². The molecule has 0 bridgehead atoms. The highest BCUT2D eigenvalue weighted by molar-refractivity contribution is 9.10. The number of halogens is 2. The summed E-state index contributed by atoms with van der Waals surface area (Å²) in [6.45, 7) is 6.86. The van der Waals surface area contributed by atoms with Crippen molar-refractivity contribution in [1.82, 2.24) is 4.98 Å². The zero-order chi connectivity index (χ0) is 17.5. The number of carbonyl (C=O) groups is 1. The van der Waals surface area contributed by atoms with Crippen LogP contribution in [-0.2, 0) is 23.1 Å². The number of aromatic nitrogens is 1. The van der Waals surface area contributed by atoms with Crippen molar-refractivity contribution in [3.05, 3.63) is 44.1 Å². The van der Waals surface area contributed by atoms with Crippen LogP contribution in [0.2, 0.25) is 0 Å². The summed E-state index contributed by atoms with van der Waals surface area (Å²) in [6, 6.07) is 3.32. The van der Waals surface area contributed by atoms with E-state index < -0.39 is 0 Å². The van der Waals surface area contributed by atoms with E-state index in [2.05, 4.69) is 41.7 Å². The van der Waals surface area contributed by atoms with Crippen LogP contribution in [0, 0.1) is 5.82 Å². The minimum absolute atomic E-state index is 0.0257. The summed E-state index contributed by atoms with van der Waals surface area (Å²) in [5.74, 6) is -0.441. The van der Waals surface area contributed by atoms with Gasteiger partial charge in [-0.1, -0.05) is 36.7 Å². The monoisotopic (exact) mass is 410 g/mol. The number of nitrogens with zero attached hydrogens (tertiary/aromatic N) is 2. The topological polar surface area (TPSA) is 33.2 Å². The molecule has 0 fully saturated rings. The molecule has 2 aromatic rings. The first kappa shape index (κ1) is 17.5. The predicted octanol–water partition coefficient (Wildman–Crippen LogP) is 4.86. The summed E-state index contributed by atoms with van der Waals surface area (Å²) in [6.07, 6.45) is 1.85. The molecule has 3 nitrogen and oxygen atoms in total. The fourth-order valence-electron chi connectivity index (χ4n) is 2.88. The van der Waals surface area contributed by atoms with Gasteiger partial charge in [-0.05, 0) is 30.5 Å². The van der Waals surface area contributed by atoms with E-state index in [1.165, 1.54) is 6.07 Å². The minimum atomic E-state index is -0.346. The lowest BCUT2D eigenvalue weighted by atomic mass is 9.98. The van der Waals surface area contributed by atoms with E-state index in [0.29, 0.717) is 16.7 Å². The van der Waals surface area contributed by atoms with E-state index in [1.54, 1.807) is 16.2 Å². The Bertz CT molecular complexity index is 782. The van der Waals surface area contributed by atoms with Gasteiger partial charge in [-0.2, -0.15) is 0 Å². The van der Waals surface area contributed by atoms with Crippen molar-refractivity contribution in [3.8, 4) is 0 Å². The minimum Gasteiger partial charge on any atom is -0.309 e. The van der Waals surface area contributed by atoms with Gasteiger partial charge in [-0.3, -0.25) is 4.79 Å². The molecule has 0 aliphatic carbocycles. The highest BCUT2D eigenvalue weighted by Crippen LogP contribution is 2.33. The molecule has 1 aromatic carbocycles. The summed E-state index contributed by atoms with van der Waals surface area (Å²) in [4.78, 5) is 18.9. The number of thiazole rings is 1. The van der Waals surface area contributed by atoms with E-state index in [1.807, 2.05) is 11.4 Å². The summed E-state index contributed by atoms with van der Waals surface area (Å²) in [5, 5.41) is 2.95. The molecule has 1 aliphatic rings. The van der Waals surface area contributed by atoms with Crippen molar-refractivity contribution < 1.29 is 9.18 Å². The molecule has 0 radical (unpaired) electrons. The molecule has 3 rings (SSSR count). The second kappa shape index (κ2) is 6.56. The Morgan fingerprint density at radius 3 is 2.83 bits per heavy atom. The lowest BCUT2D eigenvalue weighted by Crippen LogP contribution is -2.37. The van der Waals surface area contributed by atoms with Gasteiger partial charge < -0.3 is 4.90 Å². The molecule has 1 amide bonds. The number of hydrogen-bond acceptors (Lipinski definition) is 3. The Morgan fingerprint density at radius 2 is 2.17 bits per heavy atom. The van der Waals surface area contributed by atoms with E-state index in [4.69, 9.17) is 0 Å². The van der Waals surface area contributed by atoms with Gasteiger partial charge in [-0.15, -0.1) is 11.3 Å². The Balaban J connectivity index is 1.84. The van der Waals surface area contributed by atoms with Crippen LogP contribution in [0.4, 0.5) is 10.1 Å². The van der Waals surface area contributed by atoms with Crippen molar-refractivity contribution in [2.45, 2.75) is 45.4 Å². The molecular weight excluding hydrogens is 391 g/mol. The fraction of sp³-hybridized carbons (Fsp3) is 0.444. The molecule has 0 saturated heterocycles. The first-order valence-electron chi connectivity index (χ1n) is 7.99. The Labute approximate surface area is 154 Å². The average Bonchev–Trinajstić information content (AvgIpc) is 2.94. The van der Waals surface area contributed by atoms with Gasteiger partial charge in [0.05, 0.1) is 22.8 Å². The number of anilines is 1. The highest BCUT2D eigenvalue weighted by Gasteiger charge is 2.27. The maximum Gasteiger partial charge on any atom is 0.233 e. The summed E-state index contributed by atoms with van der Waals surface area (Å²) < 4.78 is 15.1. The summed E-state index contributed by atoms with van der Waals surface area (Å²) in [5.41, 5.74) is 2.05. The van der Waals surface area contributed by atoms with E-state index in [9.17, 15) is 9.18 Å². The van der Waals surface area contributed by atoms with Crippen LogP contribution >= 0.6 is 27.3 Å². The Morgan fingerprint density at radius 1 is 1.42 bits per heavy atom. The van der Waals surface area contributed by atoms with Crippen molar-refractivity contribution in [1.29, 1.82) is 0 Å². The normalized spacial score (nSPS) is 14.6. The first-order valence-corrected chi connectivity index (χ1v) is 9.66. The number of hydrogen-bond donors (Lipinski definition) is 0. The standard InChI is InChI=1S/C18H20BrFN2OS/c1-18(2,3)17-21-13(10-24-17)9-15(23)22-6-4-5-11-7-12(19)8-14(20)16(11)22/h7-8,10H,4-6,9H2,1-3H3. The third kappa shape index (κ3) is 3.54. The van der Waals surface area contributed by atoms with Crippen molar-refractivity contribution in [2.24, 2.45) is 0 Å². The summed E-state index contributed by atoms with van der Waals surface area (Å²) >= 11 is 4.89. The average molecular weight is 411 g/mol. The third-order valence-corrected chi connectivity index (χ3v) is 5.81. The molecule has 0 unspecified atom stereocenters. The quantitative estimate of drug-likeness (QED) is 0.707. The second-order valence-electron chi connectivity index (χ2n) is 7.12. The van der Waals surface area contributed by atoms with Crippen LogP contribution in [0.5, 0.6) is 0 Å². The maximum absolute atomic E-state index is 14.4. The lowest BCUT2D eigenvalue weighted by Gasteiger charge is -2.30. The molecule has 128 valence electrons. The number of amides is 1. The van der Waals surface area contributed by atoms with Gasteiger partial charge in [-0.25, -0.2) is 9.37 Å². The highest BCUT2D eigenvalue weighted by atomic mass is 79.9. The second-order valence-corrected chi connectivity index (χ2v) is 8.89. The Hall–Kier alpha value is -1.27. The number of fused-ring (bicyclic) bond motifs is 1. The zero-order valence-electron chi connectivity index (χ0n) is 14.0. The van der Waals surface area contributed by atoms with Crippen LogP contribution in [-0.4, -0.2) is 17.4 Å². The van der Waals surface area contributed by atoms with Crippen LogP contribution in [0.25, 0.3) is 0 Å². The largest absolute Gasteiger partial charge is 0.309 e. The molecule has 24 heavy (non-hydrogen) atoms. The van der Waals surface area contributed by atoms with Gasteiger partial charge in [0.25, 0.3) is 0 Å². The number of rotatable bonds is 2. The molecule has 0 spiro atoms. The number of carbonyl (C=O) groups excluding carboxylic acids is 1. The Kier molecular flexibility index (Phi) is 4.80. The van der Waals surface area contributed by atoms with Gasteiger partial charge in [0.1, 0.15) is 5.82 Å².